The van der Waals surface area contributed by atoms with Crippen LogP contribution in [0.25, 0.3) is 0 Å². The molecule has 0 spiro atoms. The van der Waals surface area contributed by atoms with Crippen molar-refractivity contribution in [3.05, 3.63) is 17.9 Å². The Hall–Kier alpha value is -1.42. The molecule has 0 unspecified atom stereocenters. The number of benzene rings is 1. The van der Waals surface area contributed by atoms with Gasteiger partial charge in [0.2, 0.25) is 10.0 Å². The van der Waals surface area contributed by atoms with Gasteiger partial charge >= 0.3 is 0 Å². The zero-order valence-electron chi connectivity index (χ0n) is 14.7. The van der Waals surface area contributed by atoms with Crippen LogP contribution >= 0.6 is 0 Å². The van der Waals surface area contributed by atoms with Crippen molar-refractivity contribution in [3.8, 4) is 11.5 Å². The van der Waals surface area contributed by atoms with Crippen LogP contribution in [0.4, 0.5) is 4.39 Å². The number of hydrogen-bond acceptors (Lipinski definition) is 6. The van der Waals surface area contributed by atoms with E-state index in [9.17, 15) is 12.8 Å². The third kappa shape index (κ3) is 4.60. The van der Waals surface area contributed by atoms with Crippen LogP contribution in [0.5, 0.6) is 11.5 Å². The van der Waals surface area contributed by atoms with E-state index < -0.39 is 20.7 Å². The first-order chi connectivity index (χ1) is 11.9. The van der Waals surface area contributed by atoms with Gasteiger partial charge in [-0.15, -0.1) is 0 Å². The zero-order chi connectivity index (χ0) is 18.5. The lowest BCUT2D eigenvalue weighted by atomic mass is 9.80. The van der Waals surface area contributed by atoms with Gasteiger partial charge in [0.1, 0.15) is 10.7 Å². The smallest absolute Gasteiger partial charge is 0.243 e. The van der Waals surface area contributed by atoms with Gasteiger partial charge in [-0.25, -0.2) is 17.5 Å². The normalized spacial score (nSPS) is 17.3. The quantitative estimate of drug-likeness (QED) is 0.708. The van der Waals surface area contributed by atoms with Crippen LogP contribution in [-0.4, -0.2) is 56.0 Å². The Balaban J connectivity index is 2.23. The molecule has 1 heterocycles. The Labute approximate surface area is 147 Å². The van der Waals surface area contributed by atoms with Gasteiger partial charge < -0.3 is 19.5 Å². The van der Waals surface area contributed by atoms with E-state index in [1.165, 1.54) is 14.2 Å². The Morgan fingerprint density at radius 1 is 1.16 bits per heavy atom. The molecule has 142 valence electrons. The van der Waals surface area contributed by atoms with Gasteiger partial charge in [0, 0.05) is 31.2 Å². The molecular formula is C16H25FN2O5S. The fraction of sp³-hybridized carbons (Fsp3) is 0.625. The SMILES string of the molecule is COCC1(CNS(=O)(=O)c2cc(OC)c(OC)cc2F)CCNCC1. The maximum atomic E-state index is 14.3. The third-order valence-corrected chi connectivity index (χ3v) is 5.90. The Kier molecular flexibility index (Phi) is 6.61. The number of methoxy groups -OCH3 is 3. The molecule has 0 aromatic heterocycles. The van der Waals surface area contributed by atoms with Crippen LogP contribution in [0.2, 0.25) is 0 Å². The largest absolute Gasteiger partial charge is 0.493 e. The van der Waals surface area contributed by atoms with Crippen molar-refractivity contribution in [2.75, 3.05) is 47.6 Å². The second-order valence-corrected chi connectivity index (χ2v) is 7.88. The number of piperidine rings is 1. The summed E-state index contributed by atoms with van der Waals surface area (Å²) in [7, 11) is 0.268. The number of halogens is 1. The average molecular weight is 376 g/mol. The van der Waals surface area contributed by atoms with Gasteiger partial charge in [0.25, 0.3) is 0 Å². The van der Waals surface area contributed by atoms with Crippen LogP contribution in [-0.2, 0) is 14.8 Å². The van der Waals surface area contributed by atoms with Gasteiger partial charge in [-0.2, -0.15) is 0 Å². The monoisotopic (exact) mass is 376 g/mol. The molecule has 1 aromatic carbocycles. The van der Waals surface area contributed by atoms with Crippen LogP contribution in [0.15, 0.2) is 17.0 Å². The summed E-state index contributed by atoms with van der Waals surface area (Å²) >= 11 is 0. The van der Waals surface area contributed by atoms with Crippen LogP contribution in [0.1, 0.15) is 12.8 Å². The standard InChI is InChI=1S/C16H25FN2O5S/c1-22-11-16(4-6-18-7-5-16)10-19-25(20,21)15-9-14(24-3)13(23-2)8-12(15)17/h8-9,18-19H,4-7,10-11H2,1-3H3. The lowest BCUT2D eigenvalue weighted by Gasteiger charge is -2.37. The number of hydrogen-bond donors (Lipinski definition) is 2. The van der Waals surface area contributed by atoms with Crippen molar-refractivity contribution in [1.82, 2.24) is 10.0 Å². The highest BCUT2D eigenvalue weighted by molar-refractivity contribution is 7.89. The summed E-state index contributed by atoms with van der Waals surface area (Å²) < 4.78 is 57.3. The molecule has 0 amide bonds. The Bertz CT molecular complexity index is 685. The Morgan fingerprint density at radius 2 is 1.76 bits per heavy atom. The first kappa shape index (κ1) is 19.9. The van der Waals surface area contributed by atoms with Gasteiger partial charge in [0.15, 0.2) is 11.5 Å². The van der Waals surface area contributed by atoms with E-state index in [1.807, 2.05) is 0 Å². The maximum absolute atomic E-state index is 14.3. The molecule has 2 rings (SSSR count). The van der Waals surface area contributed by atoms with E-state index in [1.54, 1.807) is 7.11 Å². The second kappa shape index (κ2) is 8.31. The molecule has 0 aliphatic carbocycles. The van der Waals surface area contributed by atoms with E-state index in [0.29, 0.717) is 6.61 Å². The zero-order valence-corrected chi connectivity index (χ0v) is 15.5. The molecule has 1 aliphatic rings. The van der Waals surface area contributed by atoms with Crippen LogP contribution < -0.4 is 19.5 Å². The molecule has 9 heteroatoms. The lowest BCUT2D eigenvalue weighted by molar-refractivity contribution is 0.0577. The van der Waals surface area contributed by atoms with E-state index in [4.69, 9.17) is 14.2 Å². The molecule has 0 radical (unpaired) electrons. The summed E-state index contributed by atoms with van der Waals surface area (Å²) in [5.74, 6) is -0.609. The molecule has 0 saturated carbocycles. The number of ether oxygens (including phenoxy) is 3. The van der Waals surface area contributed by atoms with Crippen molar-refractivity contribution in [2.45, 2.75) is 17.7 Å². The number of rotatable bonds is 8. The number of sulfonamides is 1. The van der Waals surface area contributed by atoms with E-state index in [2.05, 4.69) is 10.0 Å². The van der Waals surface area contributed by atoms with E-state index in [0.717, 1.165) is 38.1 Å². The van der Waals surface area contributed by atoms with Gasteiger partial charge in [-0.1, -0.05) is 0 Å². The molecule has 25 heavy (non-hydrogen) atoms. The molecule has 1 aromatic rings. The molecule has 0 atom stereocenters. The third-order valence-electron chi connectivity index (χ3n) is 4.48. The topological polar surface area (TPSA) is 85.9 Å². The average Bonchev–Trinajstić information content (AvgIpc) is 2.61. The molecule has 1 aliphatic heterocycles. The minimum atomic E-state index is -4.04. The van der Waals surface area contributed by atoms with Crippen molar-refractivity contribution < 1.29 is 27.0 Å². The highest BCUT2D eigenvalue weighted by atomic mass is 32.2. The van der Waals surface area contributed by atoms with Crippen molar-refractivity contribution in [2.24, 2.45) is 5.41 Å². The minimum absolute atomic E-state index is 0.133. The summed E-state index contributed by atoms with van der Waals surface area (Å²) in [6.07, 6.45) is 1.55. The predicted molar refractivity (Wildman–Crippen MR) is 91.1 cm³/mol. The first-order valence-electron chi connectivity index (χ1n) is 7.98. The summed E-state index contributed by atoms with van der Waals surface area (Å²) in [6.45, 7) is 2.19. The summed E-state index contributed by atoms with van der Waals surface area (Å²) in [6, 6.07) is 2.13. The van der Waals surface area contributed by atoms with E-state index >= 15 is 0 Å². The maximum Gasteiger partial charge on any atom is 0.243 e. The lowest BCUT2D eigenvalue weighted by Crippen LogP contribution is -2.47. The van der Waals surface area contributed by atoms with Gasteiger partial charge in [-0.3, -0.25) is 0 Å². The fourth-order valence-electron chi connectivity index (χ4n) is 3.00. The van der Waals surface area contributed by atoms with E-state index in [-0.39, 0.29) is 23.5 Å². The molecule has 1 fully saturated rings. The Morgan fingerprint density at radius 3 is 2.32 bits per heavy atom. The van der Waals surface area contributed by atoms with Crippen molar-refractivity contribution in [1.29, 1.82) is 0 Å². The molecular weight excluding hydrogens is 351 g/mol. The predicted octanol–water partition coefficient (Wildman–Crippen LogP) is 1.14. The minimum Gasteiger partial charge on any atom is -0.493 e. The molecule has 1 saturated heterocycles. The highest BCUT2D eigenvalue weighted by Crippen LogP contribution is 2.33. The number of nitrogens with one attached hydrogen (secondary N) is 2. The van der Waals surface area contributed by atoms with Crippen molar-refractivity contribution in [3.63, 3.8) is 0 Å². The molecule has 2 N–H and O–H groups in total. The summed E-state index contributed by atoms with van der Waals surface area (Å²) in [5.41, 5.74) is -0.305. The summed E-state index contributed by atoms with van der Waals surface area (Å²) in [4.78, 5) is -0.466. The van der Waals surface area contributed by atoms with Crippen molar-refractivity contribution >= 4 is 10.0 Å². The van der Waals surface area contributed by atoms with Gasteiger partial charge in [-0.05, 0) is 25.9 Å². The second-order valence-electron chi connectivity index (χ2n) is 6.15. The molecule has 0 bridgehead atoms. The van der Waals surface area contributed by atoms with Crippen LogP contribution in [0, 0.1) is 11.2 Å². The molecule has 7 nitrogen and oxygen atoms in total. The first-order valence-corrected chi connectivity index (χ1v) is 9.46. The van der Waals surface area contributed by atoms with Gasteiger partial charge in [0.05, 0.1) is 20.8 Å². The highest BCUT2D eigenvalue weighted by Gasteiger charge is 2.34. The van der Waals surface area contributed by atoms with Crippen LogP contribution in [0.3, 0.4) is 0 Å². The fourth-order valence-corrected chi connectivity index (χ4v) is 4.23. The summed E-state index contributed by atoms with van der Waals surface area (Å²) in [5, 5.41) is 3.24.